The second-order valence-electron chi connectivity index (χ2n) is 7.27. The van der Waals surface area contributed by atoms with E-state index in [2.05, 4.69) is 51.3 Å². The summed E-state index contributed by atoms with van der Waals surface area (Å²) in [7, 11) is 0. The number of nitrogens with two attached hydrogens (primary N) is 1. The van der Waals surface area contributed by atoms with Crippen LogP contribution in [0.1, 0.15) is 31.2 Å². The second-order valence-corrected chi connectivity index (χ2v) is 7.27. The van der Waals surface area contributed by atoms with Gasteiger partial charge in [0.05, 0.1) is 17.6 Å². The highest BCUT2D eigenvalue weighted by molar-refractivity contribution is 5.81. The summed E-state index contributed by atoms with van der Waals surface area (Å²) < 4.78 is 0. The number of carbonyl (C=O) groups excluding carboxylic acids is 1. The third-order valence-electron chi connectivity index (χ3n) is 5.32. The van der Waals surface area contributed by atoms with Crippen molar-refractivity contribution in [1.82, 2.24) is 14.9 Å². The Kier molecular flexibility index (Phi) is 5.12. The van der Waals surface area contributed by atoms with Crippen molar-refractivity contribution in [3.8, 4) is 11.1 Å². The Morgan fingerprint density at radius 1 is 1.00 bits per heavy atom. The molecule has 0 radical (unpaired) electrons. The molecule has 1 aliphatic carbocycles. The van der Waals surface area contributed by atoms with Gasteiger partial charge in [-0.15, -0.1) is 0 Å². The normalized spacial score (nSPS) is 14.9. The Labute approximate surface area is 159 Å². The van der Waals surface area contributed by atoms with E-state index in [-0.39, 0.29) is 5.91 Å². The number of amides is 1. The fraction of sp³-hybridized carbons (Fsp3) is 0.318. The van der Waals surface area contributed by atoms with Crippen LogP contribution in [0.4, 0.5) is 0 Å². The first-order valence-electron chi connectivity index (χ1n) is 9.51. The topological polar surface area (TPSA) is 72.1 Å². The number of primary amides is 1. The van der Waals surface area contributed by atoms with Crippen molar-refractivity contribution >= 4 is 16.9 Å². The number of hydrogen-bond acceptors (Lipinski definition) is 4. The molecule has 2 aromatic carbocycles. The fourth-order valence-corrected chi connectivity index (χ4v) is 4.01. The average molecular weight is 360 g/mol. The van der Waals surface area contributed by atoms with Crippen molar-refractivity contribution in [2.24, 2.45) is 5.73 Å². The van der Waals surface area contributed by atoms with Crippen LogP contribution in [0, 0.1) is 0 Å². The van der Waals surface area contributed by atoms with Gasteiger partial charge in [-0.05, 0) is 47.7 Å². The molecular weight excluding hydrogens is 336 g/mol. The molecule has 1 amide bonds. The Morgan fingerprint density at radius 3 is 2.52 bits per heavy atom. The molecule has 1 heterocycles. The first kappa shape index (κ1) is 17.6. The van der Waals surface area contributed by atoms with Crippen LogP contribution in [0.5, 0.6) is 0 Å². The van der Waals surface area contributed by atoms with Crippen LogP contribution in [0.15, 0.2) is 54.9 Å². The van der Waals surface area contributed by atoms with E-state index in [1.54, 1.807) is 12.4 Å². The summed E-state index contributed by atoms with van der Waals surface area (Å²) in [5.74, 6) is -0.258. The smallest absolute Gasteiger partial charge is 0.231 e. The lowest BCUT2D eigenvalue weighted by Gasteiger charge is -2.27. The summed E-state index contributed by atoms with van der Waals surface area (Å²) >= 11 is 0. The maximum absolute atomic E-state index is 11.5. The van der Waals surface area contributed by atoms with Gasteiger partial charge >= 0.3 is 0 Å². The molecule has 0 saturated heterocycles. The number of fused-ring (bicyclic) bond motifs is 1. The minimum absolute atomic E-state index is 0.258. The molecule has 1 aliphatic rings. The maximum Gasteiger partial charge on any atom is 0.231 e. The monoisotopic (exact) mass is 360 g/mol. The van der Waals surface area contributed by atoms with Crippen molar-refractivity contribution in [3.05, 3.63) is 60.4 Å². The summed E-state index contributed by atoms with van der Waals surface area (Å²) in [6.45, 7) is 1.06. The molecule has 138 valence electrons. The predicted molar refractivity (Wildman–Crippen MR) is 107 cm³/mol. The lowest BCUT2D eigenvalue weighted by Crippen LogP contribution is -2.39. The van der Waals surface area contributed by atoms with Gasteiger partial charge in [-0.1, -0.05) is 37.1 Å². The highest BCUT2D eigenvalue weighted by atomic mass is 16.1. The Bertz CT molecular complexity index is 950. The van der Waals surface area contributed by atoms with Gasteiger partial charge in [0, 0.05) is 25.0 Å². The molecule has 1 saturated carbocycles. The Hall–Kier alpha value is -2.79. The zero-order valence-corrected chi connectivity index (χ0v) is 15.3. The van der Waals surface area contributed by atoms with Crippen LogP contribution in [-0.4, -0.2) is 33.4 Å². The number of rotatable bonds is 6. The zero-order chi connectivity index (χ0) is 18.6. The van der Waals surface area contributed by atoms with Crippen LogP contribution >= 0.6 is 0 Å². The van der Waals surface area contributed by atoms with E-state index in [0.29, 0.717) is 12.6 Å². The number of aromatic nitrogens is 2. The van der Waals surface area contributed by atoms with Crippen LogP contribution < -0.4 is 5.73 Å². The van der Waals surface area contributed by atoms with Gasteiger partial charge in [-0.25, -0.2) is 0 Å². The van der Waals surface area contributed by atoms with E-state index in [1.165, 1.54) is 18.4 Å². The standard InChI is InChI=1S/C22H24N4O/c23-22(27)15-26(19-6-1-2-7-19)14-16-4-3-5-17(12-16)18-8-9-20-21(13-18)25-11-10-24-20/h3-5,8-13,19H,1-2,6-7,14-15H2,(H2,23,27). The van der Waals surface area contributed by atoms with Gasteiger partial charge in [0.2, 0.25) is 5.91 Å². The predicted octanol–water partition coefficient (Wildman–Crippen LogP) is 3.53. The number of benzene rings is 2. The molecule has 0 atom stereocenters. The molecule has 1 fully saturated rings. The molecule has 0 bridgehead atoms. The highest BCUT2D eigenvalue weighted by Gasteiger charge is 2.23. The average Bonchev–Trinajstić information content (AvgIpc) is 3.22. The first-order valence-corrected chi connectivity index (χ1v) is 9.51. The first-order chi connectivity index (χ1) is 13.2. The van der Waals surface area contributed by atoms with Gasteiger partial charge in [0.1, 0.15) is 0 Å². The van der Waals surface area contributed by atoms with E-state index in [9.17, 15) is 4.79 Å². The number of nitrogens with zero attached hydrogens (tertiary/aromatic N) is 3. The minimum Gasteiger partial charge on any atom is -0.369 e. The number of carbonyl (C=O) groups is 1. The molecule has 0 spiro atoms. The lowest BCUT2D eigenvalue weighted by atomic mass is 10.0. The summed E-state index contributed by atoms with van der Waals surface area (Å²) in [6, 6.07) is 15.1. The summed E-state index contributed by atoms with van der Waals surface area (Å²) in [6.07, 6.45) is 8.19. The van der Waals surface area contributed by atoms with Crippen molar-refractivity contribution < 1.29 is 4.79 Å². The van der Waals surface area contributed by atoms with Crippen molar-refractivity contribution in [2.45, 2.75) is 38.3 Å². The largest absolute Gasteiger partial charge is 0.369 e. The molecule has 1 aromatic heterocycles. The third-order valence-corrected chi connectivity index (χ3v) is 5.32. The van der Waals surface area contributed by atoms with Crippen LogP contribution in [0.2, 0.25) is 0 Å². The number of hydrogen-bond donors (Lipinski definition) is 1. The quantitative estimate of drug-likeness (QED) is 0.730. The fourth-order valence-electron chi connectivity index (χ4n) is 4.01. The Balaban J connectivity index is 1.59. The van der Waals surface area contributed by atoms with Gasteiger partial charge in [0.15, 0.2) is 0 Å². The van der Waals surface area contributed by atoms with Crippen LogP contribution in [0.25, 0.3) is 22.2 Å². The van der Waals surface area contributed by atoms with E-state index in [1.807, 2.05) is 6.07 Å². The molecule has 0 unspecified atom stereocenters. The van der Waals surface area contributed by atoms with E-state index >= 15 is 0 Å². The van der Waals surface area contributed by atoms with E-state index in [4.69, 9.17) is 5.73 Å². The summed E-state index contributed by atoms with van der Waals surface area (Å²) in [4.78, 5) is 22.5. The van der Waals surface area contributed by atoms with Crippen LogP contribution in [-0.2, 0) is 11.3 Å². The third kappa shape index (κ3) is 4.14. The molecular formula is C22H24N4O. The SMILES string of the molecule is NC(=O)CN(Cc1cccc(-c2ccc3nccnc3c2)c1)C1CCCC1. The lowest BCUT2D eigenvalue weighted by molar-refractivity contribution is -0.119. The maximum atomic E-state index is 11.5. The highest BCUT2D eigenvalue weighted by Crippen LogP contribution is 2.27. The summed E-state index contributed by atoms with van der Waals surface area (Å²) in [5, 5.41) is 0. The summed E-state index contributed by atoms with van der Waals surface area (Å²) in [5.41, 5.74) is 10.7. The van der Waals surface area contributed by atoms with Gasteiger partial charge < -0.3 is 5.73 Å². The molecule has 27 heavy (non-hydrogen) atoms. The van der Waals surface area contributed by atoms with Crippen molar-refractivity contribution in [1.29, 1.82) is 0 Å². The molecule has 5 heteroatoms. The van der Waals surface area contributed by atoms with Crippen molar-refractivity contribution in [2.75, 3.05) is 6.54 Å². The van der Waals surface area contributed by atoms with Gasteiger partial charge in [-0.3, -0.25) is 19.7 Å². The molecule has 2 N–H and O–H groups in total. The molecule has 3 aromatic rings. The van der Waals surface area contributed by atoms with E-state index in [0.717, 1.165) is 41.5 Å². The molecule has 4 rings (SSSR count). The van der Waals surface area contributed by atoms with E-state index < -0.39 is 0 Å². The second kappa shape index (κ2) is 7.84. The van der Waals surface area contributed by atoms with Gasteiger partial charge in [0.25, 0.3) is 0 Å². The Morgan fingerprint density at radius 2 is 1.74 bits per heavy atom. The molecule has 5 nitrogen and oxygen atoms in total. The van der Waals surface area contributed by atoms with Crippen molar-refractivity contribution in [3.63, 3.8) is 0 Å². The zero-order valence-electron chi connectivity index (χ0n) is 15.3. The minimum atomic E-state index is -0.258. The van der Waals surface area contributed by atoms with Gasteiger partial charge in [-0.2, -0.15) is 0 Å². The van der Waals surface area contributed by atoms with Crippen LogP contribution in [0.3, 0.4) is 0 Å². The molecule has 0 aliphatic heterocycles.